The molecule has 0 saturated carbocycles. The fourth-order valence-electron chi connectivity index (χ4n) is 2.65. The number of rotatable bonds is 5. The molecule has 23 heavy (non-hydrogen) atoms. The predicted molar refractivity (Wildman–Crippen MR) is 88.5 cm³/mol. The Kier molecular flexibility index (Phi) is 4.39. The number of benzene rings is 1. The van der Waals surface area contributed by atoms with Gasteiger partial charge in [0.15, 0.2) is 6.10 Å². The first-order chi connectivity index (χ1) is 11.1. The Morgan fingerprint density at radius 3 is 2.83 bits per heavy atom. The lowest BCUT2D eigenvalue weighted by atomic mass is 10.1. The second-order valence-corrected chi connectivity index (χ2v) is 5.87. The van der Waals surface area contributed by atoms with Crippen LogP contribution in [0.2, 0.25) is 0 Å². The van der Waals surface area contributed by atoms with Gasteiger partial charge < -0.3 is 19.8 Å². The maximum Gasteiger partial charge on any atom is 0.265 e. The predicted octanol–water partition coefficient (Wildman–Crippen LogP) is 3.55. The van der Waals surface area contributed by atoms with Crippen molar-refractivity contribution in [3.05, 3.63) is 47.4 Å². The molecule has 2 N–H and O–H groups in total. The van der Waals surface area contributed by atoms with Crippen LogP contribution >= 0.6 is 0 Å². The van der Waals surface area contributed by atoms with Crippen molar-refractivity contribution in [2.24, 2.45) is 0 Å². The SMILES string of the molecule is CC[C@H]1Oc2cc([C@@H](C)NCc3ccc(C)o3)ccc2NC1=O. The van der Waals surface area contributed by atoms with Crippen molar-refractivity contribution >= 4 is 11.6 Å². The van der Waals surface area contributed by atoms with Crippen molar-refractivity contribution in [3.63, 3.8) is 0 Å². The summed E-state index contributed by atoms with van der Waals surface area (Å²) in [6.07, 6.45) is 0.244. The van der Waals surface area contributed by atoms with Crippen molar-refractivity contribution in [1.82, 2.24) is 5.32 Å². The second kappa shape index (κ2) is 6.46. The number of amides is 1. The number of anilines is 1. The van der Waals surface area contributed by atoms with Crippen LogP contribution in [-0.2, 0) is 11.3 Å². The van der Waals surface area contributed by atoms with Gasteiger partial charge in [-0.3, -0.25) is 4.79 Å². The topological polar surface area (TPSA) is 63.5 Å². The molecule has 5 heteroatoms. The van der Waals surface area contributed by atoms with Crippen LogP contribution in [0.25, 0.3) is 0 Å². The van der Waals surface area contributed by atoms with E-state index < -0.39 is 6.10 Å². The van der Waals surface area contributed by atoms with E-state index in [0.29, 0.717) is 13.0 Å². The van der Waals surface area contributed by atoms with Gasteiger partial charge in [-0.2, -0.15) is 0 Å². The third-order valence-electron chi connectivity index (χ3n) is 4.07. The fraction of sp³-hybridized carbons (Fsp3) is 0.389. The first-order valence-electron chi connectivity index (χ1n) is 7.97. The summed E-state index contributed by atoms with van der Waals surface area (Å²) in [6.45, 7) is 6.64. The van der Waals surface area contributed by atoms with E-state index in [1.807, 2.05) is 44.2 Å². The molecule has 0 fully saturated rings. The van der Waals surface area contributed by atoms with Crippen LogP contribution in [0.1, 0.15) is 43.4 Å². The number of carbonyl (C=O) groups is 1. The molecule has 0 radical (unpaired) electrons. The number of furan rings is 1. The summed E-state index contributed by atoms with van der Waals surface area (Å²) < 4.78 is 11.4. The van der Waals surface area contributed by atoms with Crippen LogP contribution in [0.5, 0.6) is 5.75 Å². The lowest BCUT2D eigenvalue weighted by Gasteiger charge is -2.26. The largest absolute Gasteiger partial charge is 0.478 e. The van der Waals surface area contributed by atoms with Crippen LogP contribution in [0, 0.1) is 6.92 Å². The molecule has 2 atom stereocenters. The van der Waals surface area contributed by atoms with Gasteiger partial charge in [-0.15, -0.1) is 0 Å². The zero-order valence-electron chi connectivity index (χ0n) is 13.7. The van der Waals surface area contributed by atoms with Crippen molar-refractivity contribution in [3.8, 4) is 5.75 Å². The zero-order valence-corrected chi connectivity index (χ0v) is 13.7. The highest BCUT2D eigenvalue weighted by Gasteiger charge is 2.26. The highest BCUT2D eigenvalue weighted by molar-refractivity contribution is 5.97. The van der Waals surface area contributed by atoms with Gasteiger partial charge in [0.2, 0.25) is 0 Å². The van der Waals surface area contributed by atoms with Gasteiger partial charge in [-0.05, 0) is 50.1 Å². The van der Waals surface area contributed by atoms with Gasteiger partial charge >= 0.3 is 0 Å². The number of ether oxygens (including phenoxy) is 1. The first-order valence-corrected chi connectivity index (χ1v) is 7.97. The Labute approximate surface area is 136 Å². The number of carbonyl (C=O) groups excluding carboxylic acids is 1. The summed E-state index contributed by atoms with van der Waals surface area (Å²) in [5.41, 5.74) is 1.84. The zero-order chi connectivity index (χ0) is 16.4. The molecule has 1 amide bonds. The highest BCUT2D eigenvalue weighted by atomic mass is 16.5. The third-order valence-corrected chi connectivity index (χ3v) is 4.07. The Morgan fingerprint density at radius 1 is 1.30 bits per heavy atom. The Morgan fingerprint density at radius 2 is 2.13 bits per heavy atom. The van der Waals surface area contributed by atoms with Gasteiger partial charge in [0, 0.05) is 6.04 Å². The summed E-state index contributed by atoms with van der Waals surface area (Å²) in [7, 11) is 0. The number of fused-ring (bicyclic) bond motifs is 1. The van der Waals surface area contributed by atoms with E-state index in [0.717, 1.165) is 28.5 Å². The lowest BCUT2D eigenvalue weighted by Crippen LogP contribution is -2.36. The van der Waals surface area contributed by atoms with Crippen molar-refractivity contribution < 1.29 is 13.9 Å². The van der Waals surface area contributed by atoms with Gasteiger partial charge in [0.25, 0.3) is 5.91 Å². The van der Waals surface area contributed by atoms with Gasteiger partial charge in [0.05, 0.1) is 12.2 Å². The minimum Gasteiger partial charge on any atom is -0.478 e. The number of nitrogens with one attached hydrogen (secondary N) is 2. The molecule has 1 aromatic carbocycles. The molecule has 0 bridgehead atoms. The molecule has 0 unspecified atom stereocenters. The molecule has 1 aliphatic rings. The van der Waals surface area contributed by atoms with E-state index in [1.165, 1.54) is 0 Å². The highest BCUT2D eigenvalue weighted by Crippen LogP contribution is 2.33. The molecule has 1 aliphatic heterocycles. The second-order valence-electron chi connectivity index (χ2n) is 5.87. The van der Waals surface area contributed by atoms with Crippen LogP contribution in [-0.4, -0.2) is 12.0 Å². The van der Waals surface area contributed by atoms with E-state index in [4.69, 9.17) is 9.15 Å². The number of aryl methyl sites for hydroxylation is 1. The monoisotopic (exact) mass is 314 g/mol. The van der Waals surface area contributed by atoms with E-state index in [-0.39, 0.29) is 11.9 Å². The molecule has 122 valence electrons. The average molecular weight is 314 g/mol. The minimum atomic E-state index is -0.410. The smallest absolute Gasteiger partial charge is 0.265 e. The maximum atomic E-state index is 11.8. The Balaban J connectivity index is 1.69. The van der Waals surface area contributed by atoms with E-state index in [1.54, 1.807) is 0 Å². The van der Waals surface area contributed by atoms with Gasteiger partial charge in [-0.25, -0.2) is 0 Å². The molecule has 2 aromatic rings. The van der Waals surface area contributed by atoms with E-state index in [2.05, 4.69) is 17.6 Å². The Hall–Kier alpha value is -2.27. The van der Waals surface area contributed by atoms with Crippen molar-refractivity contribution in [2.75, 3.05) is 5.32 Å². The quantitative estimate of drug-likeness (QED) is 0.886. The van der Waals surface area contributed by atoms with Crippen LogP contribution in [0.4, 0.5) is 5.69 Å². The molecule has 0 spiro atoms. The number of hydrogen-bond donors (Lipinski definition) is 2. The van der Waals surface area contributed by atoms with Crippen LogP contribution in [0.3, 0.4) is 0 Å². The summed E-state index contributed by atoms with van der Waals surface area (Å²) in [4.78, 5) is 11.8. The van der Waals surface area contributed by atoms with E-state index in [9.17, 15) is 4.79 Å². The average Bonchev–Trinajstić information content (AvgIpc) is 2.97. The third kappa shape index (κ3) is 3.40. The number of hydrogen-bond acceptors (Lipinski definition) is 4. The molecule has 3 rings (SSSR count). The molecule has 1 aromatic heterocycles. The van der Waals surface area contributed by atoms with Crippen LogP contribution in [0.15, 0.2) is 34.7 Å². The first kappa shape index (κ1) is 15.6. The summed E-state index contributed by atoms with van der Waals surface area (Å²) >= 11 is 0. The van der Waals surface area contributed by atoms with Crippen molar-refractivity contribution in [1.29, 1.82) is 0 Å². The molecule has 0 aliphatic carbocycles. The van der Waals surface area contributed by atoms with E-state index >= 15 is 0 Å². The molecule has 0 saturated heterocycles. The van der Waals surface area contributed by atoms with Crippen LogP contribution < -0.4 is 15.4 Å². The van der Waals surface area contributed by atoms with Crippen molar-refractivity contribution in [2.45, 2.75) is 45.9 Å². The van der Waals surface area contributed by atoms with Gasteiger partial charge in [-0.1, -0.05) is 13.0 Å². The summed E-state index contributed by atoms with van der Waals surface area (Å²) in [6, 6.07) is 9.97. The van der Waals surface area contributed by atoms with Gasteiger partial charge in [0.1, 0.15) is 17.3 Å². The summed E-state index contributed by atoms with van der Waals surface area (Å²) in [5, 5.41) is 6.32. The summed E-state index contributed by atoms with van der Waals surface area (Å²) in [5.74, 6) is 2.49. The minimum absolute atomic E-state index is 0.0767. The molecular weight excluding hydrogens is 292 g/mol. The Bertz CT molecular complexity index is 708. The maximum absolute atomic E-state index is 11.8. The fourth-order valence-corrected chi connectivity index (χ4v) is 2.65. The molecule has 2 heterocycles. The lowest BCUT2D eigenvalue weighted by molar-refractivity contribution is -0.123. The molecule has 5 nitrogen and oxygen atoms in total. The molecular formula is C18H22N2O3. The standard InChI is InChI=1S/C18H22N2O3/c1-4-16-18(21)20-15-8-6-13(9-17(15)23-16)12(3)19-10-14-7-5-11(2)22-14/h5-9,12,16,19H,4,10H2,1-3H3,(H,20,21)/t12-,16-/m1/s1. The normalized spacial score (nSPS) is 18.0.